The molecule has 0 radical (unpaired) electrons. The second kappa shape index (κ2) is 8.06. The Morgan fingerprint density at radius 1 is 1.35 bits per heavy atom. The summed E-state index contributed by atoms with van der Waals surface area (Å²) in [6, 6.07) is 0.942. The molecule has 3 nitrogen and oxygen atoms in total. The number of nitrogens with zero attached hydrogens (tertiary/aromatic N) is 1. The minimum atomic E-state index is 0.330. The lowest BCUT2D eigenvalue weighted by Crippen LogP contribution is -2.47. The third kappa shape index (κ3) is 5.36. The summed E-state index contributed by atoms with van der Waals surface area (Å²) in [5.74, 6) is 0.521. The minimum Gasteiger partial charge on any atom is -0.381 e. The molecule has 1 aliphatic rings. The van der Waals surface area contributed by atoms with E-state index in [4.69, 9.17) is 10.5 Å². The van der Waals surface area contributed by atoms with E-state index >= 15 is 0 Å². The van der Waals surface area contributed by atoms with E-state index < -0.39 is 0 Å². The van der Waals surface area contributed by atoms with E-state index in [1.807, 2.05) is 0 Å². The summed E-state index contributed by atoms with van der Waals surface area (Å²) in [5, 5.41) is 0. The number of hydrogen-bond acceptors (Lipinski definition) is 3. The smallest absolute Gasteiger partial charge is 0.0521 e. The Balaban J connectivity index is 2.36. The molecule has 0 saturated carbocycles. The Morgan fingerprint density at radius 3 is 2.71 bits per heavy atom. The quantitative estimate of drug-likeness (QED) is 0.696. The Labute approximate surface area is 107 Å². The molecule has 1 rings (SSSR count). The number of nitrogens with two attached hydrogens (primary N) is 1. The van der Waals surface area contributed by atoms with Crippen LogP contribution in [0.25, 0.3) is 0 Å². The van der Waals surface area contributed by atoms with Gasteiger partial charge in [0.25, 0.3) is 0 Å². The van der Waals surface area contributed by atoms with Crippen LogP contribution >= 0.6 is 0 Å². The van der Waals surface area contributed by atoms with Crippen molar-refractivity contribution in [2.45, 2.75) is 58.5 Å². The molecule has 1 aliphatic heterocycles. The summed E-state index contributed by atoms with van der Waals surface area (Å²) < 4.78 is 5.55. The summed E-state index contributed by atoms with van der Waals surface area (Å²) >= 11 is 0. The zero-order valence-corrected chi connectivity index (χ0v) is 11.8. The molecule has 3 heteroatoms. The van der Waals surface area contributed by atoms with Crippen molar-refractivity contribution >= 4 is 0 Å². The van der Waals surface area contributed by atoms with E-state index in [-0.39, 0.29) is 0 Å². The largest absolute Gasteiger partial charge is 0.381 e. The molecular weight excluding hydrogens is 212 g/mol. The highest BCUT2D eigenvalue weighted by atomic mass is 16.5. The molecule has 1 saturated heterocycles. The van der Waals surface area contributed by atoms with E-state index in [1.165, 1.54) is 25.8 Å². The first-order valence-electron chi connectivity index (χ1n) is 7.22. The predicted octanol–water partition coefficient (Wildman–Crippen LogP) is 2.25. The lowest BCUT2D eigenvalue weighted by Gasteiger charge is -2.35. The molecule has 0 amide bonds. The lowest BCUT2D eigenvalue weighted by molar-refractivity contribution is 0.0211. The number of ether oxygens (including phenoxy) is 1. The molecule has 2 N–H and O–H groups in total. The summed E-state index contributed by atoms with van der Waals surface area (Å²) in [5.41, 5.74) is 6.18. The second-order valence-corrected chi connectivity index (χ2v) is 5.58. The van der Waals surface area contributed by atoms with Gasteiger partial charge in [-0.15, -0.1) is 0 Å². The van der Waals surface area contributed by atoms with Gasteiger partial charge in [0.1, 0.15) is 0 Å². The highest BCUT2D eigenvalue weighted by molar-refractivity contribution is 4.80. The Bertz CT molecular complexity index is 197. The summed E-state index contributed by atoms with van der Waals surface area (Å²) in [6.45, 7) is 10.8. The normalized spacial score (nSPS) is 25.8. The fourth-order valence-electron chi connectivity index (χ4n) is 2.43. The minimum absolute atomic E-state index is 0.330. The Hall–Kier alpha value is -0.120. The SMILES string of the molecule is CCCCCN(CC1COCCC1N)C(C)C. The lowest BCUT2D eigenvalue weighted by atomic mass is 9.95. The van der Waals surface area contributed by atoms with Crippen LogP contribution in [-0.4, -0.2) is 43.3 Å². The van der Waals surface area contributed by atoms with E-state index in [0.29, 0.717) is 18.0 Å². The van der Waals surface area contributed by atoms with Crippen LogP contribution in [0, 0.1) is 5.92 Å². The van der Waals surface area contributed by atoms with Gasteiger partial charge >= 0.3 is 0 Å². The Kier molecular flexibility index (Phi) is 7.09. The molecular formula is C14H30N2O. The molecule has 102 valence electrons. The zero-order chi connectivity index (χ0) is 12.7. The number of rotatable bonds is 7. The molecule has 0 spiro atoms. The van der Waals surface area contributed by atoms with Crippen LogP contribution in [0.5, 0.6) is 0 Å². The first-order valence-corrected chi connectivity index (χ1v) is 7.22. The van der Waals surface area contributed by atoms with Crippen molar-refractivity contribution in [3.05, 3.63) is 0 Å². The fraction of sp³-hybridized carbons (Fsp3) is 1.00. The molecule has 1 fully saturated rings. The first-order chi connectivity index (χ1) is 8.15. The van der Waals surface area contributed by atoms with Crippen LogP contribution < -0.4 is 5.73 Å². The maximum Gasteiger partial charge on any atom is 0.0521 e. The summed E-state index contributed by atoms with van der Waals surface area (Å²) in [4.78, 5) is 2.56. The van der Waals surface area contributed by atoms with Gasteiger partial charge in [-0.25, -0.2) is 0 Å². The van der Waals surface area contributed by atoms with Crippen molar-refractivity contribution in [1.29, 1.82) is 0 Å². The van der Waals surface area contributed by atoms with Crippen molar-refractivity contribution in [3.8, 4) is 0 Å². The zero-order valence-electron chi connectivity index (χ0n) is 11.8. The van der Waals surface area contributed by atoms with Gasteiger partial charge in [0.2, 0.25) is 0 Å². The predicted molar refractivity (Wildman–Crippen MR) is 73.1 cm³/mol. The molecule has 0 aliphatic carbocycles. The molecule has 2 unspecified atom stereocenters. The van der Waals surface area contributed by atoms with Gasteiger partial charge in [-0.1, -0.05) is 19.8 Å². The van der Waals surface area contributed by atoms with Gasteiger partial charge < -0.3 is 15.4 Å². The van der Waals surface area contributed by atoms with Gasteiger partial charge in [-0.2, -0.15) is 0 Å². The molecule has 0 aromatic heterocycles. The van der Waals surface area contributed by atoms with Gasteiger partial charge in [0.05, 0.1) is 6.61 Å². The first kappa shape index (κ1) is 14.9. The van der Waals surface area contributed by atoms with E-state index in [1.54, 1.807) is 0 Å². The summed E-state index contributed by atoms with van der Waals surface area (Å²) in [7, 11) is 0. The van der Waals surface area contributed by atoms with Crippen LogP contribution in [0.2, 0.25) is 0 Å². The fourth-order valence-corrected chi connectivity index (χ4v) is 2.43. The van der Waals surface area contributed by atoms with E-state index in [0.717, 1.165) is 26.2 Å². The van der Waals surface area contributed by atoms with Crippen molar-refractivity contribution in [2.75, 3.05) is 26.3 Å². The van der Waals surface area contributed by atoms with Crippen molar-refractivity contribution in [1.82, 2.24) is 4.90 Å². The maximum atomic E-state index is 6.18. The molecule has 2 atom stereocenters. The molecule has 1 heterocycles. The second-order valence-electron chi connectivity index (χ2n) is 5.58. The number of unbranched alkanes of at least 4 members (excludes halogenated alkanes) is 2. The van der Waals surface area contributed by atoms with E-state index in [9.17, 15) is 0 Å². The summed E-state index contributed by atoms with van der Waals surface area (Å²) in [6.07, 6.45) is 4.94. The van der Waals surface area contributed by atoms with Crippen molar-refractivity contribution in [2.24, 2.45) is 11.7 Å². The van der Waals surface area contributed by atoms with Crippen LogP contribution in [0.3, 0.4) is 0 Å². The van der Waals surface area contributed by atoms with Crippen LogP contribution in [-0.2, 0) is 4.74 Å². The number of hydrogen-bond donors (Lipinski definition) is 1. The topological polar surface area (TPSA) is 38.5 Å². The van der Waals surface area contributed by atoms with Crippen molar-refractivity contribution in [3.63, 3.8) is 0 Å². The van der Waals surface area contributed by atoms with Gasteiger partial charge in [-0.05, 0) is 33.2 Å². The third-order valence-corrected chi connectivity index (χ3v) is 3.78. The van der Waals surface area contributed by atoms with Crippen molar-refractivity contribution < 1.29 is 4.74 Å². The van der Waals surface area contributed by atoms with Crippen LogP contribution in [0.1, 0.15) is 46.5 Å². The van der Waals surface area contributed by atoms with Crippen LogP contribution in [0.15, 0.2) is 0 Å². The molecule has 0 bridgehead atoms. The highest BCUT2D eigenvalue weighted by Crippen LogP contribution is 2.16. The standard InChI is InChI=1S/C14H30N2O/c1-4-5-6-8-16(12(2)3)10-13-11-17-9-7-14(13)15/h12-14H,4-11,15H2,1-3H3. The average molecular weight is 242 g/mol. The van der Waals surface area contributed by atoms with Gasteiger partial charge in [0, 0.05) is 31.2 Å². The average Bonchev–Trinajstić information content (AvgIpc) is 2.30. The van der Waals surface area contributed by atoms with Gasteiger partial charge in [-0.3, -0.25) is 0 Å². The van der Waals surface area contributed by atoms with E-state index in [2.05, 4.69) is 25.7 Å². The third-order valence-electron chi connectivity index (χ3n) is 3.78. The van der Waals surface area contributed by atoms with Crippen LogP contribution in [0.4, 0.5) is 0 Å². The maximum absolute atomic E-state index is 6.18. The monoisotopic (exact) mass is 242 g/mol. The Morgan fingerprint density at radius 2 is 2.12 bits per heavy atom. The van der Waals surface area contributed by atoms with Gasteiger partial charge in [0.15, 0.2) is 0 Å². The highest BCUT2D eigenvalue weighted by Gasteiger charge is 2.25. The molecule has 17 heavy (non-hydrogen) atoms. The molecule has 0 aromatic carbocycles. The molecule has 0 aromatic rings.